The van der Waals surface area contributed by atoms with Crippen molar-refractivity contribution in [1.29, 1.82) is 0 Å². The van der Waals surface area contributed by atoms with Crippen molar-refractivity contribution < 1.29 is 51.2 Å². The zero-order valence-corrected chi connectivity index (χ0v) is 8.71. The molecule has 0 amide bonds. The summed E-state index contributed by atoms with van der Waals surface area (Å²) in [6.45, 7) is 2.85. The Morgan fingerprint density at radius 1 is 1.50 bits per heavy atom. The summed E-state index contributed by atoms with van der Waals surface area (Å²) in [7, 11) is 0. The molecule has 43 valence electrons. The summed E-state index contributed by atoms with van der Waals surface area (Å²) >= 11 is 0. The Morgan fingerprint density at radius 2 is 1.88 bits per heavy atom. The van der Waals surface area contributed by atoms with Crippen molar-refractivity contribution in [1.82, 2.24) is 0 Å². The minimum Gasteiger partial charge on any atom is -0.512 e. The quantitative estimate of drug-likeness (QED) is 0.550. The fraction of sp³-hybridized carbons (Fsp3) is 0.400. The smallest absolute Gasteiger partial charge is 0.155 e. The van der Waals surface area contributed by atoms with Crippen molar-refractivity contribution in [2.45, 2.75) is 13.8 Å². The van der Waals surface area contributed by atoms with Crippen molar-refractivity contribution in [3.63, 3.8) is 0 Å². The molecule has 0 heterocycles. The van der Waals surface area contributed by atoms with Gasteiger partial charge in [0.05, 0.1) is 5.76 Å². The molecule has 0 saturated heterocycles. The molecule has 0 rings (SSSR count). The predicted molar refractivity (Wildman–Crippen MR) is 27.1 cm³/mol. The van der Waals surface area contributed by atoms with Gasteiger partial charge in [-0.2, -0.15) is 0 Å². The van der Waals surface area contributed by atoms with Crippen LogP contribution in [-0.4, -0.2) is 10.9 Å². The Bertz CT molecular complexity index is 103. The number of carbonyl (C=O) groups is 1. The number of carbonyl (C=O) groups excluding carboxylic acids is 1. The third-order valence-electron chi connectivity index (χ3n) is 0.412. The van der Waals surface area contributed by atoms with Crippen LogP contribution in [0.1, 0.15) is 13.8 Å². The molecule has 0 saturated carbocycles. The van der Waals surface area contributed by atoms with E-state index >= 15 is 0 Å². The van der Waals surface area contributed by atoms with Crippen LogP contribution in [0.5, 0.6) is 0 Å². The third-order valence-corrected chi connectivity index (χ3v) is 0.412. The molecule has 0 unspecified atom stereocenters. The number of hydrogen-bond donors (Lipinski definition) is 1. The second-order valence-electron chi connectivity index (χ2n) is 1.40. The molecule has 3 heteroatoms. The molecule has 0 bridgehead atoms. The van der Waals surface area contributed by atoms with Crippen LogP contribution in [0.3, 0.4) is 0 Å². The summed E-state index contributed by atoms with van der Waals surface area (Å²) in [5, 5.41) is 8.36. The third kappa shape index (κ3) is 9.76. The van der Waals surface area contributed by atoms with Crippen LogP contribution in [0.4, 0.5) is 0 Å². The van der Waals surface area contributed by atoms with Gasteiger partial charge in [-0.15, -0.1) is 0 Å². The van der Waals surface area contributed by atoms with Crippen LogP contribution < -0.4 is 0 Å². The largest absolute Gasteiger partial charge is 0.512 e. The van der Waals surface area contributed by atoms with Gasteiger partial charge in [-0.1, -0.05) is 0 Å². The van der Waals surface area contributed by atoms with Crippen molar-refractivity contribution in [3.8, 4) is 0 Å². The first-order valence-corrected chi connectivity index (χ1v) is 2.01. The van der Waals surface area contributed by atoms with E-state index in [9.17, 15) is 4.79 Å². The molecular formula is C5H8O2Pr. The van der Waals surface area contributed by atoms with Gasteiger partial charge in [0.1, 0.15) is 0 Å². The second-order valence-corrected chi connectivity index (χ2v) is 1.40. The Morgan fingerprint density at radius 3 is 1.88 bits per heavy atom. The van der Waals surface area contributed by atoms with Crippen molar-refractivity contribution >= 4 is 5.78 Å². The molecule has 0 aromatic rings. The number of allylic oxidation sites excluding steroid dienone is 2. The maximum atomic E-state index is 10.0. The number of aliphatic hydroxyl groups excluding tert-OH is 1. The van der Waals surface area contributed by atoms with Crippen LogP contribution in [0, 0.1) is 41.3 Å². The SMILES string of the molecule is CC(=O)/C=C(/C)O.[Pr]. The standard InChI is InChI=1S/C5H8O2.Pr/c1-4(6)3-5(2)7;/h3,6H,1-2H3;/b4-3-;. The molecule has 1 radical (unpaired) electrons. The van der Waals surface area contributed by atoms with Crippen LogP contribution in [0.15, 0.2) is 11.8 Å². The van der Waals surface area contributed by atoms with Gasteiger partial charge in [0.25, 0.3) is 0 Å². The molecule has 0 aliphatic rings. The summed E-state index contributed by atoms with van der Waals surface area (Å²) in [4.78, 5) is 10.0. The molecule has 0 aliphatic heterocycles. The van der Waals surface area contributed by atoms with Crippen LogP contribution in [0.2, 0.25) is 0 Å². The fourth-order valence-electron chi connectivity index (χ4n) is 0.294. The van der Waals surface area contributed by atoms with E-state index in [2.05, 4.69) is 0 Å². The van der Waals surface area contributed by atoms with E-state index < -0.39 is 0 Å². The Kier molecular flexibility index (Phi) is 8.12. The summed E-state index contributed by atoms with van der Waals surface area (Å²) < 4.78 is 0. The average molecular weight is 241 g/mol. The normalized spacial score (nSPS) is 10.0. The summed E-state index contributed by atoms with van der Waals surface area (Å²) in [6.07, 6.45) is 1.17. The first-order valence-electron chi connectivity index (χ1n) is 2.01. The first-order chi connectivity index (χ1) is 3.13. The fourth-order valence-corrected chi connectivity index (χ4v) is 0.294. The maximum Gasteiger partial charge on any atom is 0.155 e. The summed E-state index contributed by atoms with van der Waals surface area (Å²) in [5.41, 5.74) is 0. The van der Waals surface area contributed by atoms with E-state index in [1.807, 2.05) is 0 Å². The van der Waals surface area contributed by atoms with E-state index in [0.29, 0.717) is 0 Å². The molecule has 1 N–H and O–H groups in total. The van der Waals surface area contributed by atoms with E-state index in [1.54, 1.807) is 0 Å². The van der Waals surface area contributed by atoms with Crippen LogP contribution >= 0.6 is 0 Å². The Hall–Kier alpha value is 0.574. The molecule has 0 aliphatic carbocycles. The van der Waals surface area contributed by atoms with E-state index in [1.165, 1.54) is 19.9 Å². The second kappa shape index (κ2) is 5.71. The van der Waals surface area contributed by atoms with Gasteiger partial charge >= 0.3 is 0 Å². The molecule has 0 spiro atoms. The zero-order valence-electron chi connectivity index (χ0n) is 5.01. The van der Waals surface area contributed by atoms with Crippen LogP contribution in [-0.2, 0) is 4.79 Å². The molecule has 0 fully saturated rings. The van der Waals surface area contributed by atoms with Gasteiger partial charge < -0.3 is 5.11 Å². The van der Waals surface area contributed by atoms with Gasteiger partial charge in [0, 0.05) is 47.4 Å². The van der Waals surface area contributed by atoms with E-state index in [4.69, 9.17) is 5.11 Å². The predicted octanol–water partition coefficient (Wildman–Crippen LogP) is 1.04. The topological polar surface area (TPSA) is 37.3 Å². The van der Waals surface area contributed by atoms with Gasteiger partial charge in [0.15, 0.2) is 5.78 Å². The van der Waals surface area contributed by atoms with Crippen LogP contribution in [0.25, 0.3) is 0 Å². The molecular weight excluding hydrogens is 233 g/mol. The van der Waals surface area contributed by atoms with Gasteiger partial charge in [-0.25, -0.2) is 0 Å². The molecule has 0 aromatic heterocycles. The number of ketones is 1. The molecule has 2 nitrogen and oxygen atoms in total. The Labute approximate surface area is 81.9 Å². The molecule has 0 atom stereocenters. The average Bonchev–Trinajstić information content (AvgIpc) is 1.27. The van der Waals surface area contributed by atoms with E-state index in [0.717, 1.165) is 0 Å². The number of rotatable bonds is 1. The van der Waals surface area contributed by atoms with Gasteiger partial charge in [-0.05, 0) is 13.8 Å². The van der Waals surface area contributed by atoms with Crippen molar-refractivity contribution in [2.24, 2.45) is 0 Å². The number of hydrogen-bond acceptors (Lipinski definition) is 2. The van der Waals surface area contributed by atoms with Gasteiger partial charge in [-0.3, -0.25) is 4.79 Å². The molecule has 0 aromatic carbocycles. The first kappa shape index (κ1) is 11.4. The Balaban J connectivity index is 0. The van der Waals surface area contributed by atoms with Crippen molar-refractivity contribution in [2.75, 3.05) is 0 Å². The summed E-state index contributed by atoms with van der Waals surface area (Å²) in [5.74, 6) is -0.0625. The minimum absolute atomic E-state index is 0. The van der Waals surface area contributed by atoms with E-state index in [-0.39, 0.29) is 52.8 Å². The minimum atomic E-state index is -0.125. The molecule has 8 heavy (non-hydrogen) atoms. The summed E-state index contributed by atoms with van der Waals surface area (Å²) in [6, 6.07) is 0. The maximum absolute atomic E-state index is 10.0. The number of aliphatic hydroxyl groups is 1. The monoisotopic (exact) mass is 241 g/mol. The zero-order chi connectivity index (χ0) is 5.86. The van der Waals surface area contributed by atoms with Crippen molar-refractivity contribution in [3.05, 3.63) is 11.8 Å². The van der Waals surface area contributed by atoms with Gasteiger partial charge in [0.2, 0.25) is 0 Å².